The fraction of sp³-hybridized carbons (Fsp3) is 0.333. The van der Waals surface area contributed by atoms with E-state index >= 15 is 0 Å². The number of rotatable bonds is 5. The van der Waals surface area contributed by atoms with Gasteiger partial charge in [0, 0.05) is 12.5 Å². The molecule has 0 radical (unpaired) electrons. The smallest absolute Gasteiger partial charge is 0.302 e. The zero-order chi connectivity index (χ0) is 12.8. The van der Waals surface area contributed by atoms with Crippen molar-refractivity contribution in [3.63, 3.8) is 0 Å². The van der Waals surface area contributed by atoms with E-state index in [1.165, 1.54) is 21.1 Å². The van der Waals surface area contributed by atoms with Crippen molar-refractivity contribution in [3.8, 4) is 11.5 Å². The minimum absolute atomic E-state index is 0.0382. The molecule has 0 aromatic heterocycles. The van der Waals surface area contributed by atoms with Crippen molar-refractivity contribution in [1.29, 1.82) is 0 Å². The number of ether oxygens (including phenoxy) is 3. The lowest BCUT2D eigenvalue weighted by molar-refractivity contribution is -0.142. The highest BCUT2D eigenvalue weighted by Crippen LogP contribution is 2.28. The third-order valence-corrected chi connectivity index (χ3v) is 2.17. The fourth-order valence-corrected chi connectivity index (χ4v) is 1.42. The number of carbonyl (C=O) groups is 2. The van der Waals surface area contributed by atoms with E-state index in [4.69, 9.17) is 14.2 Å². The molecular formula is C12H14O5. The second-order valence-electron chi connectivity index (χ2n) is 3.31. The van der Waals surface area contributed by atoms with Crippen LogP contribution in [-0.4, -0.2) is 26.5 Å². The van der Waals surface area contributed by atoms with E-state index in [9.17, 15) is 9.59 Å². The highest BCUT2D eigenvalue weighted by atomic mass is 16.5. The lowest BCUT2D eigenvalue weighted by Crippen LogP contribution is -2.03. The molecule has 0 aliphatic rings. The van der Waals surface area contributed by atoms with E-state index in [2.05, 4.69) is 0 Å². The van der Waals surface area contributed by atoms with Crippen LogP contribution in [0.25, 0.3) is 0 Å². The van der Waals surface area contributed by atoms with Crippen LogP contribution in [0.1, 0.15) is 22.8 Å². The van der Waals surface area contributed by atoms with Gasteiger partial charge in [-0.05, 0) is 12.1 Å². The van der Waals surface area contributed by atoms with Crippen LogP contribution in [0.4, 0.5) is 0 Å². The Hall–Kier alpha value is -2.04. The zero-order valence-electron chi connectivity index (χ0n) is 9.98. The maximum absolute atomic E-state index is 10.9. The second-order valence-corrected chi connectivity index (χ2v) is 3.31. The quantitative estimate of drug-likeness (QED) is 0.575. The van der Waals surface area contributed by atoms with Gasteiger partial charge in [0.05, 0.1) is 19.8 Å². The molecule has 0 aliphatic heterocycles. The van der Waals surface area contributed by atoms with Crippen LogP contribution in [0, 0.1) is 0 Å². The van der Waals surface area contributed by atoms with Crippen LogP contribution in [0.5, 0.6) is 11.5 Å². The molecule has 1 aromatic carbocycles. The predicted molar refractivity (Wildman–Crippen MR) is 60.4 cm³/mol. The molecule has 5 heteroatoms. The number of esters is 1. The molecular weight excluding hydrogens is 224 g/mol. The third kappa shape index (κ3) is 3.21. The Morgan fingerprint density at radius 1 is 1.29 bits per heavy atom. The summed E-state index contributed by atoms with van der Waals surface area (Å²) in [7, 11) is 2.94. The van der Waals surface area contributed by atoms with Crippen molar-refractivity contribution in [2.45, 2.75) is 13.5 Å². The maximum atomic E-state index is 10.9. The summed E-state index contributed by atoms with van der Waals surface area (Å²) in [4.78, 5) is 21.7. The molecule has 0 aliphatic carbocycles. The van der Waals surface area contributed by atoms with E-state index in [0.717, 1.165) is 0 Å². The summed E-state index contributed by atoms with van der Waals surface area (Å²) in [6.07, 6.45) is 0.665. The molecule has 0 saturated carbocycles. The number of aldehydes is 1. The van der Waals surface area contributed by atoms with Gasteiger partial charge in [0.1, 0.15) is 18.1 Å². The Bertz CT molecular complexity index is 425. The number of hydrogen-bond donors (Lipinski definition) is 0. The lowest BCUT2D eigenvalue weighted by Gasteiger charge is -2.12. The van der Waals surface area contributed by atoms with Gasteiger partial charge in [0.25, 0.3) is 0 Å². The van der Waals surface area contributed by atoms with E-state index in [1.807, 2.05) is 0 Å². The highest BCUT2D eigenvalue weighted by Gasteiger charge is 2.12. The van der Waals surface area contributed by atoms with Crippen molar-refractivity contribution < 1.29 is 23.8 Å². The Kier molecular flexibility index (Phi) is 4.51. The zero-order valence-corrected chi connectivity index (χ0v) is 9.98. The molecule has 0 saturated heterocycles. The summed E-state index contributed by atoms with van der Waals surface area (Å²) in [5, 5.41) is 0. The first-order chi connectivity index (χ1) is 8.12. The average Bonchev–Trinajstić information content (AvgIpc) is 2.34. The molecule has 0 N–H and O–H groups in total. The Morgan fingerprint density at radius 2 is 2.00 bits per heavy atom. The summed E-state index contributed by atoms with van der Waals surface area (Å²) in [5.41, 5.74) is 0.943. The molecule has 0 fully saturated rings. The maximum Gasteiger partial charge on any atom is 0.302 e. The van der Waals surface area contributed by atoms with Crippen molar-refractivity contribution in [2.24, 2.45) is 0 Å². The van der Waals surface area contributed by atoms with Crippen LogP contribution in [-0.2, 0) is 16.1 Å². The monoisotopic (exact) mass is 238 g/mol. The summed E-state index contributed by atoms with van der Waals surface area (Å²) < 4.78 is 15.0. The number of hydrogen-bond acceptors (Lipinski definition) is 5. The van der Waals surface area contributed by atoms with Gasteiger partial charge in [-0.25, -0.2) is 0 Å². The fourth-order valence-electron chi connectivity index (χ4n) is 1.42. The average molecular weight is 238 g/mol. The van der Waals surface area contributed by atoms with Crippen molar-refractivity contribution in [1.82, 2.24) is 0 Å². The molecule has 0 atom stereocenters. The Morgan fingerprint density at radius 3 is 2.47 bits per heavy atom. The van der Waals surface area contributed by atoms with Crippen LogP contribution >= 0.6 is 0 Å². The minimum Gasteiger partial charge on any atom is -0.497 e. The lowest BCUT2D eigenvalue weighted by atomic mass is 10.1. The Labute approximate surface area is 99.3 Å². The van der Waals surface area contributed by atoms with E-state index in [0.29, 0.717) is 28.9 Å². The van der Waals surface area contributed by atoms with Gasteiger partial charge in [-0.3, -0.25) is 9.59 Å². The van der Waals surface area contributed by atoms with Crippen LogP contribution in [0.3, 0.4) is 0 Å². The van der Waals surface area contributed by atoms with E-state index < -0.39 is 5.97 Å². The van der Waals surface area contributed by atoms with E-state index in [1.54, 1.807) is 12.1 Å². The number of carbonyl (C=O) groups excluding carboxylic acids is 2. The summed E-state index contributed by atoms with van der Waals surface area (Å²) >= 11 is 0. The SMILES string of the molecule is COc1cc(C=O)c(OC)c(COC(C)=O)c1. The van der Waals surface area contributed by atoms with E-state index in [-0.39, 0.29) is 6.61 Å². The topological polar surface area (TPSA) is 61.8 Å². The van der Waals surface area contributed by atoms with Gasteiger partial charge in [0.2, 0.25) is 0 Å². The molecule has 0 unspecified atom stereocenters. The predicted octanol–water partition coefficient (Wildman–Crippen LogP) is 1.58. The van der Waals surface area contributed by atoms with Crippen LogP contribution in [0.15, 0.2) is 12.1 Å². The highest BCUT2D eigenvalue weighted by molar-refractivity contribution is 5.81. The van der Waals surface area contributed by atoms with Gasteiger partial charge in [-0.2, -0.15) is 0 Å². The largest absolute Gasteiger partial charge is 0.497 e. The van der Waals surface area contributed by atoms with Gasteiger partial charge in [0.15, 0.2) is 6.29 Å². The molecule has 0 heterocycles. The van der Waals surface area contributed by atoms with Crippen LogP contribution < -0.4 is 9.47 Å². The summed E-state index contributed by atoms with van der Waals surface area (Å²) in [6.45, 7) is 1.35. The summed E-state index contributed by atoms with van der Waals surface area (Å²) in [6, 6.07) is 3.22. The molecule has 17 heavy (non-hydrogen) atoms. The standard InChI is InChI=1S/C12H14O5/c1-8(14)17-7-10-5-11(15-2)4-9(6-13)12(10)16-3/h4-6H,7H2,1-3H3. The first-order valence-corrected chi connectivity index (χ1v) is 4.95. The Balaban J connectivity index is 3.14. The number of benzene rings is 1. The second kappa shape index (κ2) is 5.89. The molecule has 5 nitrogen and oxygen atoms in total. The molecule has 0 amide bonds. The van der Waals surface area contributed by atoms with Crippen LogP contribution in [0.2, 0.25) is 0 Å². The summed E-state index contributed by atoms with van der Waals surface area (Å²) in [5.74, 6) is 0.500. The molecule has 92 valence electrons. The minimum atomic E-state index is -0.400. The molecule has 0 spiro atoms. The number of methoxy groups -OCH3 is 2. The van der Waals surface area contributed by atoms with Gasteiger partial charge < -0.3 is 14.2 Å². The van der Waals surface area contributed by atoms with Crippen molar-refractivity contribution >= 4 is 12.3 Å². The third-order valence-electron chi connectivity index (χ3n) is 2.17. The van der Waals surface area contributed by atoms with Crippen molar-refractivity contribution in [2.75, 3.05) is 14.2 Å². The van der Waals surface area contributed by atoms with Gasteiger partial charge >= 0.3 is 5.97 Å². The molecule has 0 bridgehead atoms. The molecule has 1 rings (SSSR count). The van der Waals surface area contributed by atoms with Crippen molar-refractivity contribution in [3.05, 3.63) is 23.3 Å². The normalized spacial score (nSPS) is 9.59. The first-order valence-electron chi connectivity index (χ1n) is 4.95. The molecule has 1 aromatic rings. The van der Waals surface area contributed by atoms with Gasteiger partial charge in [-0.15, -0.1) is 0 Å². The van der Waals surface area contributed by atoms with Gasteiger partial charge in [-0.1, -0.05) is 0 Å². The first kappa shape index (κ1) is 13.0.